The molecule has 0 unspecified atom stereocenters. The van der Waals surface area contributed by atoms with E-state index >= 15 is 4.39 Å². The maximum Gasteiger partial charge on any atom is 0.410 e. The Hall–Kier alpha value is -4.21. The number of nitrogens with zero attached hydrogens (tertiary/aromatic N) is 2. The fraction of sp³-hybridized carbons (Fsp3) is 0.424. The third kappa shape index (κ3) is 8.43. The van der Waals surface area contributed by atoms with E-state index in [1.165, 1.54) is 24.3 Å². The summed E-state index contributed by atoms with van der Waals surface area (Å²) in [4.78, 5) is 40.6. The maximum absolute atomic E-state index is 15.0. The summed E-state index contributed by atoms with van der Waals surface area (Å²) in [5, 5.41) is 2.46. The molecule has 0 fully saturated rings. The van der Waals surface area contributed by atoms with E-state index in [0.717, 1.165) is 11.1 Å². The minimum absolute atomic E-state index is 0.0683. The quantitative estimate of drug-likeness (QED) is 0.402. The van der Waals surface area contributed by atoms with Gasteiger partial charge in [-0.15, -0.1) is 0 Å². The van der Waals surface area contributed by atoms with Crippen molar-refractivity contribution in [2.45, 2.75) is 65.6 Å². The highest BCUT2D eigenvalue weighted by Crippen LogP contribution is 2.28. The first-order valence-corrected chi connectivity index (χ1v) is 14.3. The highest BCUT2D eigenvalue weighted by Gasteiger charge is 2.26. The number of hydrogen-bond donors (Lipinski definition) is 1. The fourth-order valence-electron chi connectivity index (χ4n) is 4.75. The molecule has 0 aliphatic carbocycles. The van der Waals surface area contributed by atoms with Gasteiger partial charge in [0, 0.05) is 26.2 Å². The molecule has 0 aromatic heterocycles. The molecule has 0 bridgehead atoms. The number of carbonyl (C=O) groups is 3. The minimum atomic E-state index is -0.769. The van der Waals surface area contributed by atoms with Crippen molar-refractivity contribution in [3.8, 4) is 0 Å². The highest BCUT2D eigenvalue weighted by molar-refractivity contribution is 6.04. The number of halogens is 2. The van der Waals surface area contributed by atoms with Gasteiger partial charge in [-0.25, -0.2) is 18.4 Å². The molecule has 2 aromatic rings. The van der Waals surface area contributed by atoms with Crippen molar-refractivity contribution in [3.63, 3.8) is 0 Å². The molecular weight excluding hydrogens is 556 g/mol. The van der Waals surface area contributed by atoms with E-state index in [1.807, 2.05) is 12.2 Å². The molecule has 0 atom stereocenters. The van der Waals surface area contributed by atoms with Gasteiger partial charge >= 0.3 is 12.2 Å². The minimum Gasteiger partial charge on any atom is -0.444 e. The van der Waals surface area contributed by atoms with Crippen molar-refractivity contribution in [3.05, 3.63) is 76.9 Å². The molecule has 0 radical (unpaired) electrons. The van der Waals surface area contributed by atoms with Crippen LogP contribution in [0.1, 0.15) is 75.9 Å². The molecule has 2 aromatic carbocycles. The second-order valence-electron chi connectivity index (χ2n) is 12.7. The largest absolute Gasteiger partial charge is 0.444 e. The summed E-state index contributed by atoms with van der Waals surface area (Å²) < 4.78 is 40.8. The zero-order chi connectivity index (χ0) is 31.5. The normalized spacial score (nSPS) is 15.8. The van der Waals surface area contributed by atoms with Crippen molar-refractivity contribution < 1.29 is 32.6 Å². The van der Waals surface area contributed by atoms with E-state index in [1.54, 1.807) is 63.5 Å². The number of benzene rings is 2. The summed E-state index contributed by atoms with van der Waals surface area (Å²) in [5.74, 6) is -2.15. The Labute approximate surface area is 251 Å². The monoisotopic (exact) mass is 595 g/mol. The smallest absolute Gasteiger partial charge is 0.410 e. The van der Waals surface area contributed by atoms with Gasteiger partial charge in [0.05, 0.1) is 11.3 Å². The van der Waals surface area contributed by atoms with Crippen LogP contribution in [0.2, 0.25) is 0 Å². The Morgan fingerprint density at radius 1 is 0.721 bits per heavy atom. The van der Waals surface area contributed by atoms with Crippen LogP contribution in [-0.2, 0) is 9.47 Å². The van der Waals surface area contributed by atoms with Crippen LogP contribution < -0.4 is 5.32 Å². The van der Waals surface area contributed by atoms with Crippen molar-refractivity contribution in [1.82, 2.24) is 9.80 Å². The average Bonchev–Trinajstić information content (AvgIpc) is 2.92. The average molecular weight is 596 g/mol. The number of nitrogens with one attached hydrogen (secondary N) is 1. The molecule has 0 spiro atoms. The maximum atomic E-state index is 15.0. The summed E-state index contributed by atoms with van der Waals surface area (Å²) >= 11 is 0. The fourth-order valence-corrected chi connectivity index (χ4v) is 4.75. The lowest BCUT2D eigenvalue weighted by atomic mass is 9.98. The van der Waals surface area contributed by atoms with E-state index in [-0.39, 0.29) is 11.3 Å². The van der Waals surface area contributed by atoms with E-state index in [2.05, 4.69) is 5.32 Å². The first-order chi connectivity index (χ1) is 20.1. The van der Waals surface area contributed by atoms with E-state index in [0.29, 0.717) is 50.1 Å². The van der Waals surface area contributed by atoms with Crippen LogP contribution in [0, 0.1) is 11.6 Å². The predicted octanol–water partition coefficient (Wildman–Crippen LogP) is 7.27. The first kappa shape index (κ1) is 31.7. The molecule has 2 aliphatic rings. The Bertz CT molecular complexity index is 1470. The molecule has 0 saturated carbocycles. The Kier molecular flexibility index (Phi) is 9.27. The number of rotatable bonds is 4. The topological polar surface area (TPSA) is 88.2 Å². The molecule has 2 heterocycles. The van der Waals surface area contributed by atoms with Gasteiger partial charge in [-0.05, 0) is 101 Å². The Morgan fingerprint density at radius 3 is 1.58 bits per heavy atom. The second-order valence-corrected chi connectivity index (χ2v) is 12.7. The van der Waals surface area contributed by atoms with Crippen molar-refractivity contribution in [1.29, 1.82) is 0 Å². The molecule has 230 valence electrons. The second kappa shape index (κ2) is 12.6. The van der Waals surface area contributed by atoms with Crippen LogP contribution in [0.25, 0.3) is 11.1 Å². The molecule has 0 saturated heterocycles. The van der Waals surface area contributed by atoms with Gasteiger partial charge in [-0.3, -0.25) is 4.79 Å². The number of carbonyl (C=O) groups excluding carboxylic acids is 3. The molecule has 43 heavy (non-hydrogen) atoms. The molecule has 2 aliphatic heterocycles. The number of ether oxygens (including phenoxy) is 2. The predicted molar refractivity (Wildman–Crippen MR) is 162 cm³/mol. The third-order valence-corrected chi connectivity index (χ3v) is 6.89. The summed E-state index contributed by atoms with van der Waals surface area (Å²) in [6.45, 7) is 12.4. The van der Waals surface area contributed by atoms with Crippen molar-refractivity contribution >= 4 is 34.9 Å². The number of hydrogen-bond acceptors (Lipinski definition) is 5. The van der Waals surface area contributed by atoms with Gasteiger partial charge in [0.25, 0.3) is 5.91 Å². The molecular formula is C33H39F2N3O5. The van der Waals surface area contributed by atoms with E-state index < -0.39 is 40.9 Å². The van der Waals surface area contributed by atoms with Gasteiger partial charge in [0.1, 0.15) is 22.8 Å². The zero-order valence-corrected chi connectivity index (χ0v) is 25.6. The first-order valence-electron chi connectivity index (χ1n) is 14.3. The van der Waals surface area contributed by atoms with Gasteiger partial charge < -0.3 is 24.6 Å². The number of anilines is 1. The van der Waals surface area contributed by atoms with Crippen LogP contribution >= 0.6 is 0 Å². The van der Waals surface area contributed by atoms with Crippen molar-refractivity contribution in [2.24, 2.45) is 0 Å². The summed E-state index contributed by atoms with van der Waals surface area (Å²) in [6, 6.07) is 8.74. The van der Waals surface area contributed by atoms with Crippen LogP contribution in [-0.4, -0.2) is 65.3 Å². The Morgan fingerprint density at radius 2 is 1.19 bits per heavy atom. The van der Waals surface area contributed by atoms with Crippen LogP contribution in [0.15, 0.2) is 48.6 Å². The molecule has 3 amide bonds. The standard InChI is InChI=1S/C33H39F2N3O5/c1-32(2,3)42-30(40)37-15-11-21(12-16-37)23-7-9-25(26(34)19-23)29(39)36-28-10-8-24(20-27(28)35)22-13-17-38(18-14-22)31(41)43-33(4,5)6/h7-11,13,19-20H,12,14-18H2,1-6H3,(H,36,39). The van der Waals surface area contributed by atoms with Gasteiger partial charge in [-0.2, -0.15) is 0 Å². The Balaban J connectivity index is 1.37. The molecule has 10 heteroatoms. The van der Waals surface area contributed by atoms with Gasteiger partial charge in [0.15, 0.2) is 0 Å². The lowest BCUT2D eigenvalue weighted by Crippen LogP contribution is -2.39. The summed E-state index contributed by atoms with van der Waals surface area (Å²) in [7, 11) is 0. The highest BCUT2D eigenvalue weighted by atomic mass is 19.1. The lowest BCUT2D eigenvalue weighted by Gasteiger charge is -2.29. The van der Waals surface area contributed by atoms with Crippen LogP contribution in [0.3, 0.4) is 0 Å². The molecule has 1 N–H and O–H groups in total. The zero-order valence-electron chi connectivity index (χ0n) is 25.6. The van der Waals surface area contributed by atoms with Gasteiger partial charge in [-0.1, -0.05) is 24.3 Å². The third-order valence-electron chi connectivity index (χ3n) is 6.89. The summed E-state index contributed by atoms with van der Waals surface area (Å²) in [6.07, 6.45) is 3.94. The van der Waals surface area contributed by atoms with E-state index in [4.69, 9.17) is 9.47 Å². The summed E-state index contributed by atoms with van der Waals surface area (Å²) in [5.41, 5.74) is 1.53. The SMILES string of the molecule is CC(C)(C)OC(=O)N1CC=C(c2ccc(NC(=O)c3ccc(C4=CCN(C(=O)OC(C)(C)C)CC4)cc3F)c(F)c2)CC1. The van der Waals surface area contributed by atoms with Gasteiger partial charge in [0.2, 0.25) is 0 Å². The van der Waals surface area contributed by atoms with Crippen LogP contribution in [0.4, 0.5) is 24.1 Å². The van der Waals surface area contributed by atoms with E-state index in [9.17, 15) is 18.8 Å². The molecule has 8 nitrogen and oxygen atoms in total. The lowest BCUT2D eigenvalue weighted by molar-refractivity contribution is 0.0260. The van der Waals surface area contributed by atoms with Crippen molar-refractivity contribution in [2.75, 3.05) is 31.5 Å². The molecule has 4 rings (SSSR count). The van der Waals surface area contributed by atoms with Crippen LogP contribution in [0.5, 0.6) is 0 Å². The number of amides is 3.